The zero-order valence-corrected chi connectivity index (χ0v) is 31.8. The molecule has 8 bridgehead atoms. The largest absolute Gasteiger partial charge is 0.427 e. The molecule has 2 aliphatic rings. The third kappa shape index (κ3) is 6.56. The van der Waals surface area contributed by atoms with Gasteiger partial charge < -0.3 is 14.7 Å². The van der Waals surface area contributed by atoms with E-state index in [4.69, 9.17) is 14.7 Å². The molecule has 0 atom stereocenters. The van der Waals surface area contributed by atoms with Crippen LogP contribution in [-0.2, 0) is 4.79 Å². The second kappa shape index (κ2) is 14.3. The smallest absolute Gasteiger partial charge is 0.310 e. The van der Waals surface area contributed by atoms with Gasteiger partial charge in [0.25, 0.3) is 0 Å². The van der Waals surface area contributed by atoms with Gasteiger partial charge in [0.05, 0.1) is 22.8 Å². The molecule has 0 saturated carbocycles. The molecule has 0 amide bonds. The monoisotopic (exact) mass is 728 g/mol. The average molecular weight is 729 g/mol. The lowest BCUT2D eigenvalue weighted by molar-refractivity contribution is -0.134. The number of H-pyrrole nitrogens is 2. The summed E-state index contributed by atoms with van der Waals surface area (Å²) in [6, 6.07) is 42.1. The van der Waals surface area contributed by atoms with Crippen LogP contribution in [0, 0.1) is 20.8 Å². The molecular formula is C50H40N4O2. The van der Waals surface area contributed by atoms with Crippen LogP contribution in [0.2, 0.25) is 0 Å². The molecule has 0 aliphatic carbocycles. The van der Waals surface area contributed by atoms with Crippen LogP contribution >= 0.6 is 0 Å². The maximum Gasteiger partial charge on any atom is 0.310 e. The number of esters is 1. The topological polar surface area (TPSA) is 83.7 Å². The summed E-state index contributed by atoms with van der Waals surface area (Å²) in [5.74, 6) is 0.232. The van der Waals surface area contributed by atoms with E-state index in [0.717, 1.165) is 89.4 Å². The Bertz CT molecular complexity index is 2830. The van der Waals surface area contributed by atoms with Crippen LogP contribution in [0.1, 0.15) is 52.8 Å². The summed E-state index contributed by atoms with van der Waals surface area (Å²) in [5, 5.41) is 0. The van der Waals surface area contributed by atoms with E-state index in [2.05, 4.69) is 152 Å². The summed E-state index contributed by atoms with van der Waals surface area (Å²) in [6.07, 6.45) is 8.74. The molecule has 0 radical (unpaired) electrons. The van der Waals surface area contributed by atoms with Crippen LogP contribution in [-0.4, -0.2) is 25.9 Å². The average Bonchev–Trinajstić information content (AvgIpc) is 4.05. The fraction of sp³-hybridized carbons (Fsp3) is 0.100. The zero-order valence-electron chi connectivity index (χ0n) is 31.8. The lowest BCUT2D eigenvalue weighted by Gasteiger charge is -2.08. The van der Waals surface area contributed by atoms with E-state index in [-0.39, 0.29) is 5.97 Å². The second-order valence-electron chi connectivity index (χ2n) is 14.5. The number of aromatic nitrogens is 4. The van der Waals surface area contributed by atoms with Gasteiger partial charge in [-0.25, -0.2) is 9.97 Å². The first-order valence-corrected chi connectivity index (χ1v) is 19.0. The van der Waals surface area contributed by atoms with E-state index in [9.17, 15) is 4.79 Å². The van der Waals surface area contributed by atoms with Crippen molar-refractivity contribution in [2.75, 3.05) is 0 Å². The molecule has 0 saturated heterocycles. The predicted molar refractivity (Wildman–Crippen MR) is 231 cm³/mol. The van der Waals surface area contributed by atoms with Crippen molar-refractivity contribution in [1.29, 1.82) is 0 Å². The van der Waals surface area contributed by atoms with Gasteiger partial charge in [-0.3, -0.25) is 4.79 Å². The molecule has 4 aromatic carbocycles. The summed E-state index contributed by atoms with van der Waals surface area (Å²) in [5.41, 5.74) is 18.8. The first-order chi connectivity index (χ1) is 27.3. The molecular weight excluding hydrogens is 689 g/mol. The van der Waals surface area contributed by atoms with E-state index in [1.54, 1.807) is 6.92 Å². The summed E-state index contributed by atoms with van der Waals surface area (Å²) < 4.78 is 5.54. The number of carbonyl (C=O) groups is 1. The number of hydrogen-bond donors (Lipinski definition) is 2. The SMILES string of the molecule is CCC(=O)Oc1ccc(-c2c3nc(c(-c4ccc(C)cc4)c4ccc([nH]4)c(-c4ccc(C)cc4)c4nc(c(-c5ccc(C)cc5)c5ccc2[nH]5)C=C4)C=C3)cc1. The van der Waals surface area contributed by atoms with E-state index in [0.29, 0.717) is 12.2 Å². The highest BCUT2D eigenvalue weighted by Gasteiger charge is 2.19. The van der Waals surface area contributed by atoms with Gasteiger partial charge in [-0.05, 0) is 104 Å². The molecule has 5 heterocycles. The maximum absolute atomic E-state index is 12.1. The fourth-order valence-corrected chi connectivity index (χ4v) is 7.47. The zero-order chi connectivity index (χ0) is 38.3. The summed E-state index contributed by atoms with van der Waals surface area (Å²) >= 11 is 0. The van der Waals surface area contributed by atoms with Gasteiger partial charge in [-0.1, -0.05) is 109 Å². The van der Waals surface area contributed by atoms with Crippen molar-refractivity contribution in [1.82, 2.24) is 19.9 Å². The molecule has 3 aromatic heterocycles. The summed E-state index contributed by atoms with van der Waals surface area (Å²) in [6.45, 7) is 8.10. The Morgan fingerprint density at radius 1 is 0.446 bits per heavy atom. The number of nitrogens with one attached hydrogen (secondary N) is 2. The maximum atomic E-state index is 12.1. The Kier molecular flexibility index (Phi) is 8.87. The van der Waals surface area contributed by atoms with Crippen molar-refractivity contribution in [3.8, 4) is 50.3 Å². The Morgan fingerprint density at radius 3 is 1.02 bits per heavy atom. The number of hydrogen-bond acceptors (Lipinski definition) is 4. The van der Waals surface area contributed by atoms with E-state index in [1.807, 2.05) is 24.3 Å². The quantitative estimate of drug-likeness (QED) is 0.132. The number of fused-ring (bicyclic) bond motifs is 8. The summed E-state index contributed by atoms with van der Waals surface area (Å²) in [4.78, 5) is 30.5. The van der Waals surface area contributed by atoms with Crippen molar-refractivity contribution in [3.05, 3.63) is 161 Å². The van der Waals surface area contributed by atoms with Crippen molar-refractivity contribution in [3.63, 3.8) is 0 Å². The van der Waals surface area contributed by atoms with Gasteiger partial charge >= 0.3 is 5.97 Å². The minimum absolute atomic E-state index is 0.273. The minimum atomic E-state index is -0.273. The van der Waals surface area contributed by atoms with E-state index in [1.165, 1.54) is 16.7 Å². The molecule has 56 heavy (non-hydrogen) atoms. The number of aryl methyl sites for hydroxylation is 3. The van der Waals surface area contributed by atoms with Crippen molar-refractivity contribution in [2.24, 2.45) is 0 Å². The van der Waals surface area contributed by atoms with Crippen molar-refractivity contribution in [2.45, 2.75) is 34.1 Å². The molecule has 2 N–H and O–H groups in total. The van der Waals surface area contributed by atoms with Gasteiger partial charge in [0.15, 0.2) is 0 Å². The first-order valence-electron chi connectivity index (χ1n) is 19.0. The number of carbonyl (C=O) groups excluding carboxylic acids is 1. The second-order valence-corrected chi connectivity index (χ2v) is 14.5. The van der Waals surface area contributed by atoms with Crippen LogP contribution in [0.5, 0.6) is 5.75 Å². The molecule has 0 spiro atoms. The van der Waals surface area contributed by atoms with Gasteiger partial charge in [0.2, 0.25) is 0 Å². The van der Waals surface area contributed by atoms with E-state index < -0.39 is 0 Å². The highest BCUT2D eigenvalue weighted by Crippen LogP contribution is 2.39. The Labute approximate surface area is 325 Å². The molecule has 6 heteroatoms. The van der Waals surface area contributed by atoms with Gasteiger partial charge in [-0.2, -0.15) is 0 Å². The normalized spacial score (nSPS) is 11.9. The molecule has 272 valence electrons. The van der Waals surface area contributed by atoms with Crippen LogP contribution in [0.3, 0.4) is 0 Å². The molecule has 9 rings (SSSR count). The third-order valence-electron chi connectivity index (χ3n) is 10.4. The van der Waals surface area contributed by atoms with Crippen LogP contribution < -0.4 is 4.74 Å². The van der Waals surface area contributed by atoms with Crippen molar-refractivity contribution >= 4 is 52.3 Å². The minimum Gasteiger partial charge on any atom is -0.427 e. The Balaban J connectivity index is 1.42. The lowest BCUT2D eigenvalue weighted by Crippen LogP contribution is -2.05. The van der Waals surface area contributed by atoms with Gasteiger partial charge in [0.1, 0.15) is 5.75 Å². The highest BCUT2D eigenvalue weighted by atomic mass is 16.5. The number of rotatable bonds is 6. The number of aromatic amines is 2. The number of benzene rings is 4. The molecule has 7 aromatic rings. The molecule has 6 nitrogen and oxygen atoms in total. The molecule has 0 unspecified atom stereocenters. The first kappa shape index (κ1) is 34.7. The Hall–Kier alpha value is -7.05. The van der Waals surface area contributed by atoms with Crippen molar-refractivity contribution < 1.29 is 9.53 Å². The molecule has 0 fully saturated rings. The lowest BCUT2D eigenvalue weighted by atomic mass is 10.0. The molecule has 2 aliphatic heterocycles. The Morgan fingerprint density at radius 2 is 0.732 bits per heavy atom. The van der Waals surface area contributed by atoms with Gasteiger partial charge in [0, 0.05) is 50.7 Å². The number of nitrogens with zero attached hydrogens (tertiary/aromatic N) is 2. The van der Waals surface area contributed by atoms with Gasteiger partial charge in [-0.15, -0.1) is 0 Å². The third-order valence-corrected chi connectivity index (χ3v) is 10.4. The predicted octanol–water partition coefficient (Wildman–Crippen LogP) is 12.6. The number of ether oxygens (including phenoxy) is 1. The fourth-order valence-electron chi connectivity index (χ4n) is 7.47. The van der Waals surface area contributed by atoms with E-state index >= 15 is 0 Å². The van der Waals surface area contributed by atoms with Crippen LogP contribution in [0.25, 0.3) is 90.9 Å². The van der Waals surface area contributed by atoms with Crippen LogP contribution in [0.4, 0.5) is 0 Å². The van der Waals surface area contributed by atoms with Crippen LogP contribution in [0.15, 0.2) is 121 Å². The highest BCUT2D eigenvalue weighted by molar-refractivity contribution is 5.99. The standard InChI is InChI=1S/C50H40N4O2/c1-5-46(55)56-37-20-18-36(19-21-37)50-44-28-26-42(53-44)48(34-14-8-31(3)9-15-34)40-24-22-38(51-40)47(33-12-6-30(2)7-13-33)39-23-25-41(52-39)49(43-27-29-45(50)54-43)35-16-10-32(4)11-17-35/h6-29,51,54H,5H2,1-4H3. The summed E-state index contributed by atoms with van der Waals surface area (Å²) in [7, 11) is 0.